The second-order valence-electron chi connectivity index (χ2n) is 9.87. The number of thiophene rings is 1. The molecule has 0 bridgehead atoms. The van der Waals surface area contributed by atoms with Crippen LogP contribution in [0.1, 0.15) is 87.2 Å². The first kappa shape index (κ1) is 23.5. The molecule has 168 valence electrons. The van der Waals surface area contributed by atoms with Gasteiger partial charge in [-0.1, -0.05) is 24.8 Å². The Morgan fingerprint density at radius 1 is 1.19 bits per heavy atom. The Hall–Kier alpha value is -2.13. The molecule has 6 heteroatoms. The average Bonchev–Trinajstić information content (AvgIpc) is 3.12. The van der Waals surface area contributed by atoms with Gasteiger partial charge >= 0.3 is 5.97 Å². The largest absolute Gasteiger partial charge is 0.477 e. The highest BCUT2D eigenvalue weighted by molar-refractivity contribution is 7.15. The quantitative estimate of drug-likeness (QED) is 0.545. The molecule has 2 aliphatic rings. The maximum Gasteiger partial charge on any atom is 0.348 e. The highest BCUT2D eigenvalue weighted by atomic mass is 32.1. The van der Waals surface area contributed by atoms with E-state index in [1.807, 2.05) is 20.8 Å². The summed E-state index contributed by atoms with van der Waals surface area (Å²) in [6.07, 6.45) is 6.34. The summed E-state index contributed by atoms with van der Waals surface area (Å²) in [6.45, 7) is 8.19. The molecule has 0 aromatic carbocycles. The summed E-state index contributed by atoms with van der Waals surface area (Å²) >= 11 is 1.11. The molecule has 3 rings (SSSR count). The highest BCUT2D eigenvalue weighted by Gasteiger charge is 2.36. The highest BCUT2D eigenvalue weighted by Crippen LogP contribution is 2.38. The minimum absolute atomic E-state index is 0.0248. The minimum Gasteiger partial charge on any atom is -0.477 e. The zero-order valence-corrected chi connectivity index (χ0v) is 19.7. The van der Waals surface area contributed by atoms with Gasteiger partial charge in [-0.15, -0.1) is 11.3 Å². The number of amides is 1. The number of carboxylic acid groups (broad SMARTS) is 1. The van der Waals surface area contributed by atoms with Crippen LogP contribution in [0.2, 0.25) is 0 Å². The number of aromatic carboxylic acids is 1. The van der Waals surface area contributed by atoms with Crippen LogP contribution in [0.4, 0.5) is 10.1 Å². The Morgan fingerprint density at radius 3 is 2.42 bits per heavy atom. The molecule has 2 aliphatic carbocycles. The maximum atomic E-state index is 13.7. The van der Waals surface area contributed by atoms with Crippen molar-refractivity contribution in [3.63, 3.8) is 0 Å². The molecule has 0 radical (unpaired) electrons. The second-order valence-corrected chi connectivity index (χ2v) is 10.9. The molecule has 1 amide bonds. The van der Waals surface area contributed by atoms with Crippen molar-refractivity contribution in [2.45, 2.75) is 78.7 Å². The fourth-order valence-corrected chi connectivity index (χ4v) is 5.09. The summed E-state index contributed by atoms with van der Waals surface area (Å²) in [5.74, 6) is 5.49. The lowest BCUT2D eigenvalue weighted by Gasteiger charge is -2.37. The normalized spacial score (nSPS) is 24.0. The summed E-state index contributed by atoms with van der Waals surface area (Å²) < 4.78 is 13.7. The molecule has 1 heterocycles. The lowest BCUT2D eigenvalue weighted by molar-refractivity contribution is -0.124. The smallest absolute Gasteiger partial charge is 0.348 e. The predicted molar refractivity (Wildman–Crippen MR) is 123 cm³/mol. The first-order valence-electron chi connectivity index (χ1n) is 11.1. The van der Waals surface area contributed by atoms with Gasteiger partial charge in [0.25, 0.3) is 0 Å². The molecular formula is C25H32FNO3S. The molecule has 1 fully saturated rings. The number of carbonyl (C=O) groups excluding carboxylic acids is 1. The molecule has 1 saturated carbocycles. The van der Waals surface area contributed by atoms with Gasteiger partial charge in [0.1, 0.15) is 4.88 Å². The van der Waals surface area contributed by atoms with Crippen LogP contribution in [0.25, 0.3) is 0 Å². The van der Waals surface area contributed by atoms with Gasteiger partial charge in [-0.25, -0.2) is 9.18 Å². The number of anilines is 1. The van der Waals surface area contributed by atoms with E-state index in [9.17, 15) is 19.1 Å². The summed E-state index contributed by atoms with van der Waals surface area (Å²) in [5.41, 5.74) is 0.202. The van der Waals surface area contributed by atoms with Crippen molar-refractivity contribution in [1.82, 2.24) is 0 Å². The molecule has 1 aromatic rings. The number of hydrogen-bond donors (Lipinski definition) is 1. The number of carbonyl (C=O) groups is 2. The van der Waals surface area contributed by atoms with Gasteiger partial charge < -0.3 is 10.0 Å². The van der Waals surface area contributed by atoms with Gasteiger partial charge in [-0.05, 0) is 71.3 Å². The SMILES string of the molecule is CC(C)(C)C#Cc1cc(N(C(=O)[C@H]2CC[C@H](C)CC2)C2CC=C(F)CC2)c(C(=O)O)s1. The van der Waals surface area contributed by atoms with Crippen LogP contribution in [-0.4, -0.2) is 23.0 Å². The van der Waals surface area contributed by atoms with Gasteiger partial charge in [-0.2, -0.15) is 0 Å². The summed E-state index contributed by atoms with van der Waals surface area (Å²) in [4.78, 5) is 28.2. The zero-order valence-electron chi connectivity index (χ0n) is 18.8. The molecule has 0 spiro atoms. The summed E-state index contributed by atoms with van der Waals surface area (Å²) in [6, 6.07) is 1.51. The topological polar surface area (TPSA) is 57.6 Å². The first-order chi connectivity index (χ1) is 14.5. The third-order valence-corrected chi connectivity index (χ3v) is 7.05. The van der Waals surface area contributed by atoms with Crippen LogP contribution in [0, 0.1) is 29.1 Å². The molecule has 0 aliphatic heterocycles. The van der Waals surface area contributed by atoms with E-state index in [0.717, 1.165) is 37.0 Å². The lowest BCUT2D eigenvalue weighted by Crippen LogP contribution is -2.45. The Balaban J connectivity index is 2.01. The first-order valence-corrected chi connectivity index (χ1v) is 11.9. The van der Waals surface area contributed by atoms with Gasteiger partial charge in [0.15, 0.2) is 0 Å². The van der Waals surface area contributed by atoms with Gasteiger partial charge in [0.2, 0.25) is 5.91 Å². The number of allylic oxidation sites excluding steroid dienone is 1. The van der Waals surface area contributed by atoms with Crippen LogP contribution >= 0.6 is 11.3 Å². The number of hydrogen-bond acceptors (Lipinski definition) is 3. The van der Waals surface area contributed by atoms with Crippen molar-refractivity contribution >= 4 is 28.9 Å². The zero-order chi connectivity index (χ0) is 22.8. The van der Waals surface area contributed by atoms with Crippen molar-refractivity contribution in [2.75, 3.05) is 4.90 Å². The summed E-state index contributed by atoms with van der Waals surface area (Å²) in [5, 5.41) is 9.88. The van der Waals surface area contributed by atoms with E-state index >= 15 is 0 Å². The average molecular weight is 446 g/mol. The Bertz CT molecular complexity index is 923. The number of carboxylic acids is 1. The van der Waals surface area contributed by atoms with Gasteiger partial charge in [0.05, 0.1) is 16.4 Å². The van der Waals surface area contributed by atoms with Crippen molar-refractivity contribution in [2.24, 2.45) is 17.3 Å². The molecule has 31 heavy (non-hydrogen) atoms. The van der Waals surface area contributed by atoms with E-state index in [1.165, 1.54) is 6.08 Å². The third kappa shape index (κ3) is 5.98. The number of halogens is 1. The van der Waals surface area contributed by atoms with E-state index in [1.54, 1.807) is 11.0 Å². The van der Waals surface area contributed by atoms with E-state index in [4.69, 9.17) is 0 Å². The number of rotatable bonds is 4. The van der Waals surface area contributed by atoms with E-state index in [0.29, 0.717) is 29.3 Å². The van der Waals surface area contributed by atoms with Crippen LogP contribution in [-0.2, 0) is 4.79 Å². The molecule has 1 N–H and O–H groups in total. The molecule has 0 saturated heterocycles. The molecule has 1 unspecified atom stereocenters. The second kappa shape index (κ2) is 9.56. The molecule has 1 atom stereocenters. The van der Waals surface area contributed by atoms with Crippen LogP contribution in [0.15, 0.2) is 18.0 Å². The Morgan fingerprint density at radius 2 is 1.87 bits per heavy atom. The Labute approximate surface area is 188 Å². The van der Waals surface area contributed by atoms with Crippen LogP contribution in [0.3, 0.4) is 0 Å². The van der Waals surface area contributed by atoms with Crippen molar-refractivity contribution in [3.8, 4) is 11.8 Å². The van der Waals surface area contributed by atoms with E-state index < -0.39 is 5.97 Å². The lowest BCUT2D eigenvalue weighted by atomic mass is 9.81. The van der Waals surface area contributed by atoms with Crippen molar-refractivity contribution in [1.29, 1.82) is 0 Å². The predicted octanol–water partition coefficient (Wildman–Crippen LogP) is 6.41. The fraction of sp³-hybridized carbons (Fsp3) is 0.600. The van der Waals surface area contributed by atoms with Crippen molar-refractivity contribution in [3.05, 3.63) is 27.7 Å². The van der Waals surface area contributed by atoms with Crippen molar-refractivity contribution < 1.29 is 19.1 Å². The third-order valence-electron chi connectivity index (χ3n) is 6.02. The summed E-state index contributed by atoms with van der Waals surface area (Å²) in [7, 11) is 0. The van der Waals surface area contributed by atoms with E-state index in [2.05, 4.69) is 18.8 Å². The van der Waals surface area contributed by atoms with E-state index in [-0.39, 0.29) is 40.4 Å². The maximum absolute atomic E-state index is 13.7. The standard InChI is InChI=1S/C25H32FNO3S/c1-16-5-7-17(8-6-16)23(28)27(19-11-9-18(26)10-12-19)21-15-20(13-14-25(2,3)4)31-22(21)24(29)30/h9,15-17,19H,5-8,10-12H2,1-4H3,(H,29,30)/t16-,17-,19?. The van der Waals surface area contributed by atoms with Crippen LogP contribution < -0.4 is 4.90 Å². The Kier molecular flexibility index (Phi) is 7.26. The monoisotopic (exact) mass is 445 g/mol. The molecule has 4 nitrogen and oxygen atoms in total. The van der Waals surface area contributed by atoms with Crippen LogP contribution in [0.5, 0.6) is 0 Å². The molecule has 1 aromatic heterocycles. The van der Waals surface area contributed by atoms with Gasteiger partial charge in [-0.3, -0.25) is 4.79 Å². The van der Waals surface area contributed by atoms with Gasteiger partial charge in [0, 0.05) is 23.8 Å². The molecular weight excluding hydrogens is 413 g/mol. The minimum atomic E-state index is -1.06. The fourth-order valence-electron chi connectivity index (χ4n) is 4.25. The number of nitrogens with zero attached hydrogens (tertiary/aromatic N) is 1.